The second-order valence-corrected chi connectivity index (χ2v) is 9.57. The van der Waals surface area contributed by atoms with E-state index in [1.807, 2.05) is 36.4 Å². The van der Waals surface area contributed by atoms with E-state index in [-0.39, 0.29) is 11.9 Å². The van der Waals surface area contributed by atoms with Gasteiger partial charge in [-0.1, -0.05) is 42.3 Å². The van der Waals surface area contributed by atoms with E-state index in [4.69, 9.17) is 20.8 Å². The molecule has 1 aromatic heterocycles. The molecule has 3 aromatic carbocycles. The summed E-state index contributed by atoms with van der Waals surface area (Å²) in [4.78, 5) is 13.1. The highest BCUT2D eigenvalue weighted by Crippen LogP contribution is 2.32. The van der Waals surface area contributed by atoms with Gasteiger partial charge in [0.25, 0.3) is 0 Å². The van der Waals surface area contributed by atoms with Crippen molar-refractivity contribution >= 4 is 22.6 Å². The average Bonchev–Trinajstić information content (AvgIpc) is 2.86. The van der Waals surface area contributed by atoms with Gasteiger partial charge in [-0.15, -0.1) is 0 Å². The SMILES string of the molecule is CC(Oc1ccc(Cc2c(-c3ccc(Cl)cc3)c(=O)oc3cc(O)ccc23)cc1)C1CCCCN1. The summed E-state index contributed by atoms with van der Waals surface area (Å²) in [5.74, 6) is 0.878. The largest absolute Gasteiger partial charge is 0.508 e. The highest BCUT2D eigenvalue weighted by atomic mass is 35.5. The molecule has 1 aliphatic heterocycles. The fraction of sp³-hybridized carbons (Fsp3) is 0.276. The van der Waals surface area contributed by atoms with Gasteiger partial charge in [0.15, 0.2) is 0 Å². The first-order valence-electron chi connectivity index (χ1n) is 12.0. The van der Waals surface area contributed by atoms with E-state index in [0.29, 0.717) is 28.6 Å². The van der Waals surface area contributed by atoms with Crippen molar-refractivity contribution in [2.45, 2.75) is 44.8 Å². The van der Waals surface area contributed by atoms with Crippen molar-refractivity contribution in [3.05, 3.63) is 93.3 Å². The van der Waals surface area contributed by atoms with E-state index in [0.717, 1.165) is 40.8 Å². The molecule has 2 heterocycles. The minimum atomic E-state index is -0.450. The van der Waals surface area contributed by atoms with Gasteiger partial charge in [0.05, 0.1) is 5.56 Å². The van der Waals surface area contributed by atoms with Crippen LogP contribution in [0.4, 0.5) is 0 Å². The Labute approximate surface area is 209 Å². The van der Waals surface area contributed by atoms with Crippen molar-refractivity contribution in [1.82, 2.24) is 5.32 Å². The summed E-state index contributed by atoms with van der Waals surface area (Å²) in [7, 11) is 0. The molecule has 1 fully saturated rings. The maximum Gasteiger partial charge on any atom is 0.344 e. The van der Waals surface area contributed by atoms with Crippen molar-refractivity contribution in [3.8, 4) is 22.6 Å². The molecule has 1 saturated heterocycles. The first kappa shape index (κ1) is 23.5. The highest BCUT2D eigenvalue weighted by molar-refractivity contribution is 6.30. The summed E-state index contributed by atoms with van der Waals surface area (Å²) in [6.45, 7) is 3.16. The van der Waals surface area contributed by atoms with Gasteiger partial charge in [0.1, 0.15) is 23.2 Å². The number of rotatable bonds is 6. The molecule has 2 unspecified atom stereocenters. The number of phenolic OH excluding ortho intramolecular Hbond substituents is 1. The first-order valence-corrected chi connectivity index (χ1v) is 12.4. The molecule has 0 spiro atoms. The monoisotopic (exact) mass is 489 g/mol. The molecule has 4 aromatic rings. The summed E-state index contributed by atoms with van der Waals surface area (Å²) >= 11 is 6.08. The third-order valence-corrected chi connectivity index (χ3v) is 6.93. The van der Waals surface area contributed by atoms with Gasteiger partial charge in [-0.05, 0) is 85.8 Å². The Balaban J connectivity index is 1.47. The molecule has 0 aliphatic carbocycles. The van der Waals surface area contributed by atoms with E-state index in [1.54, 1.807) is 24.3 Å². The average molecular weight is 490 g/mol. The molecule has 0 radical (unpaired) electrons. The summed E-state index contributed by atoms with van der Waals surface area (Å²) < 4.78 is 11.8. The Morgan fingerprint density at radius 2 is 1.86 bits per heavy atom. The quantitative estimate of drug-likeness (QED) is 0.310. The molecule has 0 bridgehead atoms. The van der Waals surface area contributed by atoms with Crippen LogP contribution in [0.3, 0.4) is 0 Å². The van der Waals surface area contributed by atoms with E-state index in [2.05, 4.69) is 12.2 Å². The van der Waals surface area contributed by atoms with Gasteiger partial charge in [-0.3, -0.25) is 0 Å². The van der Waals surface area contributed by atoms with Crippen molar-refractivity contribution in [1.29, 1.82) is 0 Å². The van der Waals surface area contributed by atoms with Crippen LogP contribution in [0.25, 0.3) is 22.1 Å². The number of nitrogens with one attached hydrogen (secondary N) is 1. The zero-order chi connectivity index (χ0) is 24.4. The number of hydrogen-bond acceptors (Lipinski definition) is 5. The third-order valence-electron chi connectivity index (χ3n) is 6.67. The Kier molecular flexibility index (Phi) is 6.80. The minimum Gasteiger partial charge on any atom is -0.508 e. The Hall–Kier alpha value is -3.28. The van der Waals surface area contributed by atoms with Crippen LogP contribution in [-0.4, -0.2) is 23.8 Å². The van der Waals surface area contributed by atoms with Gasteiger partial charge in [0.2, 0.25) is 0 Å². The van der Waals surface area contributed by atoms with Crippen LogP contribution < -0.4 is 15.7 Å². The number of hydrogen-bond donors (Lipinski definition) is 2. The van der Waals surface area contributed by atoms with Crippen molar-refractivity contribution < 1.29 is 14.3 Å². The van der Waals surface area contributed by atoms with Gasteiger partial charge < -0.3 is 19.6 Å². The standard InChI is InChI=1S/C29H28ClNO4/c1-18(26-4-2-3-15-31-26)34-23-12-5-19(6-13-23)16-25-24-14-11-22(32)17-27(24)35-29(33)28(25)20-7-9-21(30)10-8-20/h5-14,17-18,26,31-32H,2-4,15-16H2,1H3. The van der Waals surface area contributed by atoms with Gasteiger partial charge in [-0.2, -0.15) is 0 Å². The van der Waals surface area contributed by atoms with Gasteiger partial charge in [-0.25, -0.2) is 4.79 Å². The molecule has 5 rings (SSSR count). The lowest BCUT2D eigenvalue weighted by molar-refractivity contribution is 0.152. The second kappa shape index (κ2) is 10.1. The predicted molar refractivity (Wildman–Crippen MR) is 140 cm³/mol. The molecule has 5 nitrogen and oxygen atoms in total. The Bertz CT molecular complexity index is 1370. The van der Waals surface area contributed by atoms with E-state index >= 15 is 0 Å². The fourth-order valence-electron chi connectivity index (χ4n) is 4.81. The molecule has 180 valence electrons. The van der Waals surface area contributed by atoms with Crippen LogP contribution >= 0.6 is 11.6 Å². The van der Waals surface area contributed by atoms with Crippen LogP contribution in [0.2, 0.25) is 5.02 Å². The topological polar surface area (TPSA) is 71.7 Å². The molecule has 1 aliphatic rings. The molecule has 2 N–H and O–H groups in total. The Morgan fingerprint density at radius 3 is 2.57 bits per heavy atom. The molecule has 2 atom stereocenters. The van der Waals surface area contributed by atoms with Crippen molar-refractivity contribution in [3.63, 3.8) is 0 Å². The fourth-order valence-corrected chi connectivity index (χ4v) is 4.94. The van der Waals surface area contributed by atoms with E-state index in [9.17, 15) is 9.90 Å². The summed E-state index contributed by atoms with van der Waals surface area (Å²) in [6.07, 6.45) is 4.20. The Morgan fingerprint density at radius 1 is 1.09 bits per heavy atom. The number of phenols is 1. The summed E-state index contributed by atoms with van der Waals surface area (Å²) in [5.41, 5.74) is 3.02. The molecular weight excluding hydrogens is 462 g/mol. The lowest BCUT2D eigenvalue weighted by Gasteiger charge is -2.29. The van der Waals surface area contributed by atoms with Gasteiger partial charge in [0, 0.05) is 22.5 Å². The highest BCUT2D eigenvalue weighted by Gasteiger charge is 2.21. The van der Waals surface area contributed by atoms with Crippen LogP contribution in [0, 0.1) is 0 Å². The van der Waals surface area contributed by atoms with Crippen molar-refractivity contribution in [2.75, 3.05) is 6.54 Å². The minimum absolute atomic E-state index is 0.0499. The molecule has 6 heteroatoms. The zero-order valence-corrected chi connectivity index (χ0v) is 20.3. The predicted octanol–water partition coefficient (Wildman–Crippen LogP) is 6.32. The van der Waals surface area contributed by atoms with Crippen LogP contribution in [0.15, 0.2) is 75.9 Å². The number of fused-ring (bicyclic) bond motifs is 1. The molecule has 0 saturated carbocycles. The third kappa shape index (κ3) is 5.21. The number of ether oxygens (including phenoxy) is 1. The molecular formula is C29H28ClNO4. The number of aromatic hydroxyl groups is 1. The molecule has 35 heavy (non-hydrogen) atoms. The normalized spacial score (nSPS) is 16.8. The van der Waals surface area contributed by atoms with Gasteiger partial charge >= 0.3 is 5.63 Å². The van der Waals surface area contributed by atoms with E-state index < -0.39 is 5.63 Å². The van der Waals surface area contributed by atoms with Crippen LogP contribution in [0.5, 0.6) is 11.5 Å². The molecule has 0 amide bonds. The zero-order valence-electron chi connectivity index (χ0n) is 19.6. The van der Waals surface area contributed by atoms with Crippen LogP contribution in [-0.2, 0) is 6.42 Å². The number of halogens is 1. The summed E-state index contributed by atoms with van der Waals surface area (Å²) in [5, 5.41) is 14.8. The second-order valence-electron chi connectivity index (χ2n) is 9.13. The smallest absolute Gasteiger partial charge is 0.344 e. The first-order chi connectivity index (χ1) is 17.0. The summed E-state index contributed by atoms with van der Waals surface area (Å²) in [6, 6.07) is 20.4. The van der Waals surface area contributed by atoms with E-state index in [1.165, 1.54) is 18.9 Å². The number of benzene rings is 3. The van der Waals surface area contributed by atoms with Crippen LogP contribution in [0.1, 0.15) is 37.3 Å². The number of piperidine rings is 1. The maximum atomic E-state index is 13.1. The van der Waals surface area contributed by atoms with Crippen molar-refractivity contribution in [2.24, 2.45) is 0 Å². The lowest BCUT2D eigenvalue weighted by Crippen LogP contribution is -2.44. The lowest BCUT2D eigenvalue weighted by atomic mass is 9.93. The maximum absolute atomic E-state index is 13.1.